The molecule has 1 aliphatic rings. The Morgan fingerprint density at radius 1 is 0.859 bits per heavy atom. The van der Waals surface area contributed by atoms with Gasteiger partial charge in [-0.15, -0.1) is 0 Å². The molecular formula is C53H76N8O10. The summed E-state index contributed by atoms with van der Waals surface area (Å²) in [5.74, 6) is -0.945. The molecule has 388 valence electrons. The van der Waals surface area contributed by atoms with Crippen molar-refractivity contribution in [3.8, 4) is 5.75 Å². The van der Waals surface area contributed by atoms with Crippen LogP contribution < -0.4 is 20.7 Å². The van der Waals surface area contributed by atoms with Crippen LogP contribution >= 0.6 is 0 Å². The van der Waals surface area contributed by atoms with Crippen molar-refractivity contribution < 1.29 is 43.1 Å². The molecule has 0 unspecified atom stereocenters. The number of amides is 5. The van der Waals surface area contributed by atoms with Crippen LogP contribution in [-0.4, -0.2) is 133 Å². The first-order valence-corrected chi connectivity index (χ1v) is 24.5. The molecule has 0 aliphatic carbocycles. The van der Waals surface area contributed by atoms with Gasteiger partial charge < -0.3 is 44.9 Å². The number of hydrogen-bond acceptors (Lipinski definition) is 11. The lowest BCUT2D eigenvalue weighted by atomic mass is 9.89. The van der Waals surface area contributed by atoms with Crippen molar-refractivity contribution in [3.05, 3.63) is 100 Å². The topological polar surface area (TPSA) is 214 Å². The molecule has 8 atom stereocenters. The third-order valence-electron chi connectivity index (χ3n) is 13.2. The predicted molar refractivity (Wildman–Crippen MR) is 274 cm³/mol. The maximum atomic E-state index is 14.5. The third-order valence-corrected chi connectivity index (χ3v) is 13.2. The minimum atomic E-state index is -0.984. The standard InChI is InChI=1S/C53H76N8O10/c1-13-35(6)47(59(10)52(65)46(33(2)3)57-49(34(4)5)58(8)9)44(69-11)31-45(62)60-29-17-20-43(60)48(70-12)36(7)50(63)56-42(30-37-18-15-14-16-19-37)51(64)55-39-23-21-38(22-24-39)32-54-53(66)71-41-27-25-40(26-28-41)61(67)68/h14-16,18-19,21-28,33-36,42-44,46-48H,13,17,20,29-32H2,1-12H3,(H,54,66)(H,55,64)(H,56,63)/b57-49+/t35-,36+,42-,43-,44+,46-,47-,48+/m0/s1. The van der Waals surface area contributed by atoms with E-state index in [4.69, 9.17) is 19.2 Å². The number of nitro groups is 1. The van der Waals surface area contributed by atoms with Gasteiger partial charge in [0.2, 0.25) is 23.6 Å². The van der Waals surface area contributed by atoms with Crippen LogP contribution in [0.15, 0.2) is 83.9 Å². The highest BCUT2D eigenvalue weighted by atomic mass is 16.6. The van der Waals surface area contributed by atoms with Crippen LogP contribution in [0, 0.1) is 33.8 Å². The van der Waals surface area contributed by atoms with E-state index >= 15 is 0 Å². The Bertz CT molecular complexity index is 2250. The molecule has 0 radical (unpaired) electrons. The van der Waals surface area contributed by atoms with Gasteiger partial charge in [-0.1, -0.05) is 97.4 Å². The quantitative estimate of drug-likeness (QED) is 0.0356. The van der Waals surface area contributed by atoms with Gasteiger partial charge in [-0.05, 0) is 60.1 Å². The van der Waals surface area contributed by atoms with Crippen molar-refractivity contribution >= 4 is 46.9 Å². The molecule has 3 aromatic carbocycles. The highest BCUT2D eigenvalue weighted by molar-refractivity contribution is 5.97. The van der Waals surface area contributed by atoms with Gasteiger partial charge in [0.15, 0.2) is 0 Å². The minimum absolute atomic E-state index is 0.00875. The van der Waals surface area contributed by atoms with E-state index in [1.54, 1.807) is 55.1 Å². The van der Waals surface area contributed by atoms with Gasteiger partial charge in [0, 0.05) is 78.6 Å². The molecule has 1 aliphatic heterocycles. The summed E-state index contributed by atoms with van der Waals surface area (Å²) in [7, 11) is 8.74. The van der Waals surface area contributed by atoms with Crippen LogP contribution in [0.1, 0.15) is 85.3 Å². The second-order valence-electron chi connectivity index (χ2n) is 19.2. The smallest absolute Gasteiger partial charge is 0.410 e. The van der Waals surface area contributed by atoms with E-state index in [-0.39, 0.29) is 60.4 Å². The number of methoxy groups -OCH3 is 2. The Labute approximate surface area is 419 Å². The van der Waals surface area contributed by atoms with Crippen LogP contribution in [0.4, 0.5) is 16.2 Å². The number of ether oxygens (including phenoxy) is 3. The monoisotopic (exact) mass is 985 g/mol. The molecule has 3 N–H and O–H groups in total. The van der Waals surface area contributed by atoms with E-state index in [1.165, 1.54) is 31.4 Å². The number of nitrogens with zero attached hydrogens (tertiary/aromatic N) is 5. The van der Waals surface area contributed by atoms with E-state index in [0.717, 1.165) is 17.8 Å². The number of likely N-dealkylation sites (N-methyl/N-ethyl adjacent to an activating group) is 1. The Balaban J connectivity index is 1.45. The van der Waals surface area contributed by atoms with Gasteiger partial charge in [0.1, 0.15) is 23.7 Å². The number of nitrogens with one attached hydrogen (secondary N) is 3. The van der Waals surface area contributed by atoms with Gasteiger partial charge in [-0.25, -0.2) is 4.79 Å². The van der Waals surface area contributed by atoms with Gasteiger partial charge in [-0.2, -0.15) is 0 Å². The number of carbonyl (C=O) groups excluding carboxylic acids is 5. The maximum absolute atomic E-state index is 14.5. The number of rotatable bonds is 24. The molecule has 18 nitrogen and oxygen atoms in total. The molecule has 3 aromatic rings. The molecule has 1 fully saturated rings. The number of non-ortho nitro benzene ring substituents is 1. The Morgan fingerprint density at radius 3 is 2.06 bits per heavy atom. The van der Waals surface area contributed by atoms with Crippen molar-refractivity contribution in [1.82, 2.24) is 25.3 Å². The zero-order valence-corrected chi connectivity index (χ0v) is 43.5. The largest absolute Gasteiger partial charge is 0.412 e. The van der Waals surface area contributed by atoms with Gasteiger partial charge in [0.05, 0.1) is 41.6 Å². The molecule has 1 saturated heterocycles. The Kier molecular flexibility index (Phi) is 22.0. The fraction of sp³-hybridized carbons (Fsp3) is 0.547. The molecule has 1 heterocycles. The summed E-state index contributed by atoms with van der Waals surface area (Å²) < 4.78 is 17.4. The first-order chi connectivity index (χ1) is 33.7. The van der Waals surface area contributed by atoms with E-state index in [0.29, 0.717) is 30.6 Å². The molecule has 18 heteroatoms. The average Bonchev–Trinajstić information content (AvgIpc) is 3.83. The molecule has 71 heavy (non-hydrogen) atoms. The lowest BCUT2D eigenvalue weighted by molar-refractivity contribution is -0.384. The average molecular weight is 985 g/mol. The van der Waals surface area contributed by atoms with Crippen molar-refractivity contribution in [3.63, 3.8) is 0 Å². The molecule has 0 spiro atoms. The number of hydrogen-bond donors (Lipinski definition) is 3. The predicted octanol–water partition coefficient (Wildman–Crippen LogP) is 7.11. The van der Waals surface area contributed by atoms with Crippen molar-refractivity contribution in [2.45, 2.75) is 123 Å². The lowest BCUT2D eigenvalue weighted by Gasteiger charge is -2.40. The summed E-state index contributed by atoms with van der Waals surface area (Å²) >= 11 is 0. The number of carbonyl (C=O) groups is 5. The number of likely N-dealkylation sites (tertiary alicyclic amines) is 1. The molecule has 0 aromatic heterocycles. The first kappa shape index (κ1) is 57.2. The van der Waals surface area contributed by atoms with Gasteiger partial charge >= 0.3 is 6.09 Å². The number of amidine groups is 1. The molecule has 4 rings (SSSR count). The zero-order valence-electron chi connectivity index (χ0n) is 43.5. The van der Waals surface area contributed by atoms with Crippen LogP contribution in [0.25, 0.3) is 0 Å². The van der Waals surface area contributed by atoms with E-state index in [1.807, 2.05) is 63.2 Å². The van der Waals surface area contributed by atoms with Crippen molar-refractivity contribution in [2.75, 3.05) is 47.2 Å². The summed E-state index contributed by atoms with van der Waals surface area (Å²) in [6.45, 7) is 14.5. The van der Waals surface area contributed by atoms with E-state index < -0.39 is 65.1 Å². The summed E-state index contributed by atoms with van der Waals surface area (Å²) in [5, 5.41) is 19.4. The first-order valence-electron chi connectivity index (χ1n) is 24.5. The SMILES string of the molecule is CC[C@H](C)[C@@H]([C@@H](CC(=O)N1CCC[C@H]1[C@H](OC)[C@@H](C)C(=O)N[C@@H](Cc1ccccc1)C(=O)Nc1ccc(CNC(=O)Oc2ccc([N+](=O)[O-])cc2)cc1)OC)N(C)C(=O)[C@@H](/N=C(\C(C)C)N(C)C)C(C)C. The maximum Gasteiger partial charge on any atom is 0.412 e. The van der Waals surface area contributed by atoms with Gasteiger partial charge in [-0.3, -0.25) is 34.3 Å². The summed E-state index contributed by atoms with van der Waals surface area (Å²) in [6, 6.07) is 18.8. The summed E-state index contributed by atoms with van der Waals surface area (Å²) in [6.07, 6.45) is 0.166. The fourth-order valence-electron chi connectivity index (χ4n) is 9.18. The lowest BCUT2D eigenvalue weighted by Crippen LogP contribution is -2.55. The van der Waals surface area contributed by atoms with Crippen LogP contribution in [-0.2, 0) is 41.6 Å². The number of benzene rings is 3. The Morgan fingerprint density at radius 2 is 1.51 bits per heavy atom. The highest BCUT2D eigenvalue weighted by Gasteiger charge is 2.43. The zero-order chi connectivity index (χ0) is 52.5. The highest BCUT2D eigenvalue weighted by Crippen LogP contribution is 2.30. The normalized spacial score (nSPS) is 16.8. The molecular weight excluding hydrogens is 909 g/mol. The molecule has 5 amide bonds. The van der Waals surface area contributed by atoms with Gasteiger partial charge in [0.25, 0.3) is 5.69 Å². The summed E-state index contributed by atoms with van der Waals surface area (Å²) in [5.41, 5.74) is 1.86. The van der Waals surface area contributed by atoms with Crippen LogP contribution in [0.3, 0.4) is 0 Å². The summed E-state index contributed by atoms with van der Waals surface area (Å²) in [4.78, 5) is 90.3. The second kappa shape index (κ2) is 27.3. The number of nitro benzene ring substituents is 1. The number of anilines is 1. The number of aliphatic imine (C=N–C) groups is 1. The molecule has 0 bridgehead atoms. The van der Waals surface area contributed by atoms with Crippen molar-refractivity contribution in [1.29, 1.82) is 0 Å². The van der Waals surface area contributed by atoms with E-state index in [2.05, 4.69) is 43.6 Å². The van der Waals surface area contributed by atoms with Crippen LogP contribution in [0.2, 0.25) is 0 Å². The van der Waals surface area contributed by atoms with Crippen LogP contribution in [0.5, 0.6) is 5.75 Å². The second-order valence-corrected chi connectivity index (χ2v) is 19.2. The minimum Gasteiger partial charge on any atom is -0.410 e. The molecule has 0 saturated carbocycles. The third kappa shape index (κ3) is 16.1. The van der Waals surface area contributed by atoms with Crippen molar-refractivity contribution in [2.24, 2.45) is 28.7 Å². The Hall–Kier alpha value is -6.40. The fourth-order valence-corrected chi connectivity index (χ4v) is 9.18. The van der Waals surface area contributed by atoms with E-state index in [9.17, 15) is 34.1 Å².